The van der Waals surface area contributed by atoms with Crippen molar-refractivity contribution in [1.29, 1.82) is 0 Å². The molecule has 0 spiro atoms. The SMILES string of the molecule is O=C1c2cc(CO)ccc2-c2cc(O[B]Oc3ccc4c(c3)-c3ccc(CO)cc3C4=O)ccc21. The summed E-state index contributed by atoms with van der Waals surface area (Å²) >= 11 is 0. The maximum Gasteiger partial charge on any atom is 0.658 e. The first kappa shape index (κ1) is 21.3. The van der Waals surface area contributed by atoms with Gasteiger partial charge in [0.2, 0.25) is 0 Å². The van der Waals surface area contributed by atoms with E-state index < -0.39 is 0 Å². The molecular weight excluding hydrogens is 443 g/mol. The number of hydrogen-bond donors (Lipinski definition) is 2. The minimum atomic E-state index is -0.121. The Morgan fingerprint density at radius 2 is 0.943 bits per heavy atom. The zero-order chi connectivity index (χ0) is 24.1. The Morgan fingerprint density at radius 1 is 0.514 bits per heavy atom. The average molecular weight is 461 g/mol. The molecule has 0 saturated carbocycles. The van der Waals surface area contributed by atoms with Gasteiger partial charge in [-0.05, 0) is 81.9 Å². The Morgan fingerprint density at radius 3 is 1.37 bits per heavy atom. The third-order valence-electron chi connectivity index (χ3n) is 6.44. The monoisotopic (exact) mass is 461 g/mol. The molecule has 1 radical (unpaired) electrons. The molecule has 0 unspecified atom stereocenters. The second kappa shape index (κ2) is 8.23. The molecule has 6 nitrogen and oxygen atoms in total. The van der Waals surface area contributed by atoms with Crippen LogP contribution < -0.4 is 9.31 Å². The molecule has 2 aliphatic carbocycles. The number of aliphatic hydroxyl groups is 2. The topological polar surface area (TPSA) is 93.1 Å². The Bertz CT molecular complexity index is 1430. The van der Waals surface area contributed by atoms with E-state index in [1.165, 1.54) is 7.69 Å². The summed E-state index contributed by atoms with van der Waals surface area (Å²) in [5.41, 5.74) is 6.87. The van der Waals surface area contributed by atoms with E-state index in [9.17, 15) is 19.8 Å². The Kier molecular flexibility index (Phi) is 5.02. The number of aliphatic hydroxyl groups excluding tert-OH is 2. The molecule has 0 bridgehead atoms. The highest BCUT2D eigenvalue weighted by Gasteiger charge is 2.28. The lowest BCUT2D eigenvalue weighted by Crippen LogP contribution is -2.11. The molecule has 0 aromatic heterocycles. The standard InChI is InChI=1S/C28H18BO6/c30-13-15-1-5-19-23-11-17(3-7-21(23)27(32)25(19)9-15)34-29-35-18-4-8-22-24(12-18)20-6-2-16(14-31)10-26(20)28(22)33/h1-12,30-31H,13-14H2. The average Bonchev–Trinajstić information content (AvgIpc) is 3.34. The van der Waals surface area contributed by atoms with Gasteiger partial charge in [-0.1, -0.05) is 24.3 Å². The maximum atomic E-state index is 12.7. The molecule has 0 amide bonds. The number of fused-ring (bicyclic) bond motifs is 6. The van der Waals surface area contributed by atoms with Crippen LogP contribution in [0.15, 0.2) is 72.8 Å². The summed E-state index contributed by atoms with van der Waals surface area (Å²) in [5.74, 6) is 0.870. The van der Waals surface area contributed by atoms with Gasteiger partial charge >= 0.3 is 7.69 Å². The minimum absolute atomic E-state index is 0.0730. The van der Waals surface area contributed by atoms with Crippen LogP contribution in [0.2, 0.25) is 0 Å². The highest BCUT2D eigenvalue weighted by atomic mass is 16.6. The largest absolute Gasteiger partial charge is 0.658 e. The van der Waals surface area contributed by atoms with Crippen molar-refractivity contribution in [3.8, 4) is 33.8 Å². The molecule has 4 aromatic rings. The predicted octanol–water partition coefficient (Wildman–Crippen LogP) is 4.09. The van der Waals surface area contributed by atoms with Crippen molar-refractivity contribution in [2.24, 2.45) is 0 Å². The fraction of sp³-hybridized carbons (Fsp3) is 0.0714. The van der Waals surface area contributed by atoms with Gasteiger partial charge in [-0.15, -0.1) is 0 Å². The van der Waals surface area contributed by atoms with Crippen LogP contribution in [0.5, 0.6) is 11.5 Å². The van der Waals surface area contributed by atoms with Gasteiger partial charge in [-0.3, -0.25) is 9.59 Å². The molecule has 4 aromatic carbocycles. The number of rotatable bonds is 6. The van der Waals surface area contributed by atoms with E-state index in [0.717, 1.165) is 22.3 Å². The maximum absolute atomic E-state index is 12.7. The normalized spacial score (nSPS) is 12.6. The van der Waals surface area contributed by atoms with Gasteiger partial charge < -0.3 is 19.5 Å². The van der Waals surface area contributed by atoms with Crippen LogP contribution in [0, 0.1) is 0 Å². The van der Waals surface area contributed by atoms with Crippen molar-refractivity contribution < 1.29 is 29.1 Å². The first-order chi connectivity index (χ1) is 17.1. The van der Waals surface area contributed by atoms with Crippen molar-refractivity contribution in [1.82, 2.24) is 0 Å². The van der Waals surface area contributed by atoms with Gasteiger partial charge in [0.25, 0.3) is 0 Å². The fourth-order valence-corrected chi connectivity index (χ4v) is 4.69. The van der Waals surface area contributed by atoms with Gasteiger partial charge in [0, 0.05) is 22.3 Å². The third-order valence-corrected chi connectivity index (χ3v) is 6.44. The summed E-state index contributed by atoms with van der Waals surface area (Å²) in [6.45, 7) is -0.243. The minimum Gasteiger partial charge on any atom is -0.526 e. The number of ketones is 2. The Hall–Kier alpha value is -4.20. The summed E-state index contributed by atoms with van der Waals surface area (Å²) in [4.78, 5) is 25.4. The van der Waals surface area contributed by atoms with E-state index in [-0.39, 0.29) is 24.8 Å². The number of carbonyl (C=O) groups excluding carboxylic acids is 2. The van der Waals surface area contributed by atoms with Crippen LogP contribution >= 0.6 is 0 Å². The Balaban J connectivity index is 1.19. The van der Waals surface area contributed by atoms with Crippen LogP contribution in [0.3, 0.4) is 0 Å². The summed E-state index contributed by atoms with van der Waals surface area (Å²) < 4.78 is 11.4. The van der Waals surface area contributed by atoms with E-state index in [0.29, 0.717) is 44.9 Å². The van der Waals surface area contributed by atoms with Crippen LogP contribution in [-0.2, 0) is 13.2 Å². The summed E-state index contributed by atoms with van der Waals surface area (Å²) in [6.07, 6.45) is 0. The van der Waals surface area contributed by atoms with Gasteiger partial charge in [-0.2, -0.15) is 0 Å². The first-order valence-electron chi connectivity index (χ1n) is 11.1. The highest BCUT2D eigenvalue weighted by Crippen LogP contribution is 2.40. The Labute approximate surface area is 201 Å². The molecule has 6 rings (SSSR count). The van der Waals surface area contributed by atoms with Crippen molar-refractivity contribution >= 4 is 19.3 Å². The summed E-state index contributed by atoms with van der Waals surface area (Å²) in [7, 11) is 1.21. The van der Waals surface area contributed by atoms with Gasteiger partial charge in [-0.25, -0.2) is 0 Å². The lowest BCUT2D eigenvalue weighted by Gasteiger charge is -2.09. The second-order valence-electron chi connectivity index (χ2n) is 8.48. The molecule has 0 fully saturated rings. The van der Waals surface area contributed by atoms with E-state index in [1.54, 1.807) is 60.7 Å². The summed E-state index contributed by atoms with van der Waals surface area (Å²) in [5, 5.41) is 18.7. The van der Waals surface area contributed by atoms with Crippen LogP contribution in [-0.4, -0.2) is 29.5 Å². The summed E-state index contributed by atoms with van der Waals surface area (Å²) in [6, 6.07) is 21.1. The molecular formula is C28H18BO6. The number of hydrogen-bond acceptors (Lipinski definition) is 6. The first-order valence-corrected chi connectivity index (χ1v) is 11.1. The lowest BCUT2D eigenvalue weighted by atomic mass is 10.0. The molecule has 169 valence electrons. The number of carbonyl (C=O) groups is 2. The predicted molar refractivity (Wildman–Crippen MR) is 129 cm³/mol. The highest BCUT2D eigenvalue weighted by molar-refractivity contribution is 6.24. The van der Waals surface area contributed by atoms with Crippen LogP contribution in [0.1, 0.15) is 43.0 Å². The fourth-order valence-electron chi connectivity index (χ4n) is 4.69. The zero-order valence-corrected chi connectivity index (χ0v) is 18.4. The smallest absolute Gasteiger partial charge is 0.526 e. The molecule has 7 heteroatoms. The number of benzene rings is 4. The lowest BCUT2D eigenvalue weighted by molar-refractivity contribution is 0.103. The van der Waals surface area contributed by atoms with Crippen LogP contribution in [0.4, 0.5) is 0 Å². The zero-order valence-electron chi connectivity index (χ0n) is 18.4. The van der Waals surface area contributed by atoms with Gasteiger partial charge in [0.05, 0.1) is 13.2 Å². The van der Waals surface area contributed by atoms with E-state index in [1.807, 2.05) is 12.1 Å². The van der Waals surface area contributed by atoms with E-state index >= 15 is 0 Å². The second-order valence-corrected chi connectivity index (χ2v) is 8.48. The van der Waals surface area contributed by atoms with Crippen LogP contribution in [0.25, 0.3) is 22.3 Å². The van der Waals surface area contributed by atoms with Crippen molar-refractivity contribution in [2.75, 3.05) is 0 Å². The molecule has 0 aliphatic heterocycles. The third kappa shape index (κ3) is 3.44. The van der Waals surface area contributed by atoms with E-state index in [2.05, 4.69) is 0 Å². The van der Waals surface area contributed by atoms with Crippen molar-refractivity contribution in [3.63, 3.8) is 0 Å². The molecule has 0 heterocycles. The van der Waals surface area contributed by atoms with E-state index in [4.69, 9.17) is 9.31 Å². The molecule has 35 heavy (non-hydrogen) atoms. The molecule has 0 saturated heterocycles. The van der Waals surface area contributed by atoms with Gasteiger partial charge in [0.1, 0.15) is 11.5 Å². The molecule has 2 aliphatic rings. The van der Waals surface area contributed by atoms with Crippen molar-refractivity contribution in [2.45, 2.75) is 13.2 Å². The quantitative estimate of drug-likeness (QED) is 0.363. The molecule has 2 N–H and O–H groups in total. The van der Waals surface area contributed by atoms with Gasteiger partial charge in [0.15, 0.2) is 11.6 Å². The van der Waals surface area contributed by atoms with Crippen molar-refractivity contribution in [3.05, 3.63) is 106 Å². The molecule has 0 atom stereocenters.